The summed E-state index contributed by atoms with van der Waals surface area (Å²) in [4.78, 5) is 39.3. The highest BCUT2D eigenvalue weighted by molar-refractivity contribution is 6.04. The van der Waals surface area contributed by atoms with Gasteiger partial charge < -0.3 is 19.6 Å². The third-order valence-electron chi connectivity index (χ3n) is 3.90. The first-order valence-electron chi connectivity index (χ1n) is 8.12. The van der Waals surface area contributed by atoms with Crippen molar-refractivity contribution in [3.05, 3.63) is 51.8 Å². The highest BCUT2D eigenvalue weighted by atomic mass is 16.5. The van der Waals surface area contributed by atoms with Gasteiger partial charge in [-0.3, -0.25) is 4.79 Å². The minimum Gasteiger partial charge on any atom is -0.507 e. The molecular weight excluding hydrogens is 338 g/mol. The minimum atomic E-state index is -0.795. The fourth-order valence-corrected chi connectivity index (χ4v) is 2.67. The smallest absolute Gasteiger partial charge is 0.355 e. The van der Waals surface area contributed by atoms with Gasteiger partial charge in [-0.2, -0.15) is 0 Å². The lowest BCUT2D eigenvalue weighted by Crippen LogP contribution is -2.16. The first kappa shape index (κ1) is 19.2. The molecule has 0 fully saturated rings. The molecule has 0 atom stereocenters. The van der Waals surface area contributed by atoms with Gasteiger partial charge >= 0.3 is 11.9 Å². The summed E-state index contributed by atoms with van der Waals surface area (Å²) in [5, 5.41) is 9.75. The number of aromatic hydroxyl groups is 1. The monoisotopic (exact) mass is 359 g/mol. The lowest BCUT2D eigenvalue weighted by molar-refractivity contribution is 0.0470. The summed E-state index contributed by atoms with van der Waals surface area (Å²) >= 11 is 0. The molecule has 138 valence electrons. The molecule has 2 aromatic rings. The average Bonchev–Trinajstić information content (AvgIpc) is 2.89. The number of H-pyrrole nitrogens is 1. The van der Waals surface area contributed by atoms with Crippen LogP contribution in [0.2, 0.25) is 0 Å². The number of benzene rings is 1. The highest BCUT2D eigenvalue weighted by Gasteiger charge is 2.24. The molecule has 1 aromatic heterocycles. The molecule has 0 radical (unpaired) electrons. The Labute approximate surface area is 150 Å². The van der Waals surface area contributed by atoms with Gasteiger partial charge in [-0.05, 0) is 45.4 Å². The molecule has 0 amide bonds. The number of phenolic OH excluding ortho intramolecular Hbond substituents is 1. The van der Waals surface area contributed by atoms with E-state index in [9.17, 15) is 19.5 Å². The van der Waals surface area contributed by atoms with Gasteiger partial charge in [0.25, 0.3) is 0 Å². The van der Waals surface area contributed by atoms with Crippen molar-refractivity contribution >= 4 is 17.7 Å². The largest absolute Gasteiger partial charge is 0.507 e. The Balaban J connectivity index is 2.14. The number of aryl methyl sites for hydroxylation is 2. The fraction of sp³-hybridized carbons (Fsp3) is 0.316. The van der Waals surface area contributed by atoms with Crippen LogP contribution in [0.15, 0.2) is 18.2 Å². The van der Waals surface area contributed by atoms with E-state index in [1.54, 1.807) is 33.8 Å². The summed E-state index contributed by atoms with van der Waals surface area (Å²) in [5.41, 5.74) is 2.19. The Bertz CT molecular complexity index is 865. The number of ether oxygens (including phenoxy) is 2. The third kappa shape index (κ3) is 3.93. The van der Waals surface area contributed by atoms with Gasteiger partial charge in [-0.1, -0.05) is 11.6 Å². The fourth-order valence-electron chi connectivity index (χ4n) is 2.67. The van der Waals surface area contributed by atoms with E-state index in [4.69, 9.17) is 9.47 Å². The summed E-state index contributed by atoms with van der Waals surface area (Å²) in [6, 6.07) is 4.52. The normalized spacial score (nSPS) is 10.5. The summed E-state index contributed by atoms with van der Waals surface area (Å²) in [5.74, 6) is -2.01. The van der Waals surface area contributed by atoms with Crippen LogP contribution in [0, 0.1) is 20.8 Å². The summed E-state index contributed by atoms with van der Waals surface area (Å²) in [6.07, 6.45) is 0. The van der Waals surface area contributed by atoms with Crippen molar-refractivity contribution in [1.82, 2.24) is 4.98 Å². The number of rotatable bonds is 6. The van der Waals surface area contributed by atoms with Crippen LogP contribution in [-0.4, -0.2) is 41.0 Å². The zero-order valence-corrected chi connectivity index (χ0v) is 15.1. The SMILES string of the molecule is CCOC(=O)c1[nH]c(C)c(C(=O)COC(=O)c2cc(C)ccc2O)c1C. The quantitative estimate of drug-likeness (QED) is 0.607. The van der Waals surface area contributed by atoms with Gasteiger partial charge in [0, 0.05) is 11.3 Å². The Morgan fingerprint density at radius 2 is 1.77 bits per heavy atom. The summed E-state index contributed by atoms with van der Waals surface area (Å²) in [6.45, 7) is 6.44. The van der Waals surface area contributed by atoms with Crippen LogP contribution >= 0.6 is 0 Å². The van der Waals surface area contributed by atoms with Crippen LogP contribution in [0.1, 0.15) is 54.9 Å². The number of hydrogen-bond donors (Lipinski definition) is 2. The van der Waals surface area contributed by atoms with Crippen LogP contribution < -0.4 is 0 Å². The third-order valence-corrected chi connectivity index (χ3v) is 3.90. The lowest BCUT2D eigenvalue weighted by atomic mass is 10.1. The summed E-state index contributed by atoms with van der Waals surface area (Å²) in [7, 11) is 0. The molecule has 0 saturated heterocycles. The molecule has 1 heterocycles. The van der Waals surface area contributed by atoms with Crippen LogP contribution in [0.4, 0.5) is 0 Å². The van der Waals surface area contributed by atoms with Gasteiger partial charge in [0.1, 0.15) is 17.0 Å². The number of hydrogen-bond acceptors (Lipinski definition) is 6. The second-order valence-corrected chi connectivity index (χ2v) is 5.87. The van der Waals surface area contributed by atoms with Gasteiger partial charge in [-0.15, -0.1) is 0 Å². The van der Waals surface area contributed by atoms with Crippen molar-refractivity contribution in [2.24, 2.45) is 0 Å². The van der Waals surface area contributed by atoms with E-state index in [1.165, 1.54) is 12.1 Å². The lowest BCUT2D eigenvalue weighted by Gasteiger charge is -2.07. The topological polar surface area (TPSA) is 106 Å². The number of carbonyl (C=O) groups is 3. The van der Waals surface area contributed by atoms with Crippen LogP contribution in [0.25, 0.3) is 0 Å². The number of nitrogens with one attached hydrogen (secondary N) is 1. The first-order chi connectivity index (χ1) is 12.3. The predicted molar refractivity (Wildman–Crippen MR) is 93.7 cm³/mol. The maximum atomic E-state index is 12.5. The Kier molecular flexibility index (Phi) is 5.82. The van der Waals surface area contributed by atoms with Crippen LogP contribution in [-0.2, 0) is 9.47 Å². The Morgan fingerprint density at radius 1 is 1.08 bits per heavy atom. The molecule has 0 aliphatic heterocycles. The highest BCUT2D eigenvalue weighted by Crippen LogP contribution is 2.21. The number of aromatic amines is 1. The van der Waals surface area contributed by atoms with Gasteiger partial charge in [0.2, 0.25) is 5.78 Å². The Hall–Kier alpha value is -3.09. The predicted octanol–water partition coefficient (Wildman–Crippen LogP) is 2.86. The van der Waals surface area contributed by atoms with E-state index in [1.807, 2.05) is 0 Å². The van der Waals surface area contributed by atoms with Crippen molar-refractivity contribution in [2.75, 3.05) is 13.2 Å². The van der Waals surface area contributed by atoms with Gasteiger partial charge in [-0.25, -0.2) is 9.59 Å². The molecule has 0 bridgehead atoms. The molecule has 0 aliphatic rings. The van der Waals surface area contributed by atoms with Crippen molar-refractivity contribution in [3.8, 4) is 5.75 Å². The van der Waals surface area contributed by atoms with Crippen molar-refractivity contribution in [2.45, 2.75) is 27.7 Å². The van der Waals surface area contributed by atoms with Crippen molar-refractivity contribution in [1.29, 1.82) is 0 Å². The Morgan fingerprint density at radius 3 is 2.42 bits per heavy atom. The molecule has 7 heteroatoms. The first-order valence-corrected chi connectivity index (χ1v) is 8.12. The molecule has 1 aromatic carbocycles. The minimum absolute atomic E-state index is 0.00692. The molecule has 0 spiro atoms. The van der Waals surface area contributed by atoms with E-state index in [0.717, 1.165) is 5.56 Å². The maximum absolute atomic E-state index is 12.5. The molecule has 0 aliphatic carbocycles. The number of carbonyl (C=O) groups excluding carboxylic acids is 3. The summed E-state index contributed by atoms with van der Waals surface area (Å²) < 4.78 is 9.97. The van der Waals surface area contributed by atoms with E-state index >= 15 is 0 Å². The molecule has 2 N–H and O–H groups in total. The number of esters is 2. The van der Waals surface area contributed by atoms with Crippen LogP contribution in [0.3, 0.4) is 0 Å². The van der Waals surface area contributed by atoms with Crippen molar-refractivity contribution < 1.29 is 29.0 Å². The van der Waals surface area contributed by atoms with E-state index in [2.05, 4.69) is 4.98 Å². The molecule has 7 nitrogen and oxygen atoms in total. The number of phenols is 1. The average molecular weight is 359 g/mol. The zero-order valence-electron chi connectivity index (χ0n) is 15.1. The number of ketones is 1. The number of Topliss-reactive ketones (excluding diaryl/α,β-unsaturated/α-hetero) is 1. The molecule has 0 saturated carbocycles. The zero-order chi connectivity index (χ0) is 19.4. The van der Waals surface area contributed by atoms with Crippen molar-refractivity contribution in [3.63, 3.8) is 0 Å². The molecule has 0 unspecified atom stereocenters. The molecule has 2 rings (SSSR count). The molecule has 26 heavy (non-hydrogen) atoms. The number of aromatic nitrogens is 1. The second-order valence-electron chi connectivity index (χ2n) is 5.87. The standard InChI is InChI=1S/C19H21NO6/c1-5-25-19(24)17-11(3)16(12(4)20-17)15(22)9-26-18(23)13-8-10(2)6-7-14(13)21/h6-8,20-21H,5,9H2,1-4H3. The molecular formula is C19H21NO6. The van der Waals surface area contributed by atoms with Gasteiger partial charge in [0.15, 0.2) is 6.61 Å². The van der Waals surface area contributed by atoms with E-state index in [0.29, 0.717) is 11.3 Å². The van der Waals surface area contributed by atoms with Crippen LogP contribution in [0.5, 0.6) is 5.75 Å². The van der Waals surface area contributed by atoms with E-state index in [-0.39, 0.29) is 29.2 Å². The van der Waals surface area contributed by atoms with Gasteiger partial charge in [0.05, 0.1) is 6.61 Å². The second kappa shape index (κ2) is 7.86. The van der Waals surface area contributed by atoms with E-state index < -0.39 is 24.3 Å². The maximum Gasteiger partial charge on any atom is 0.355 e.